The van der Waals surface area contributed by atoms with Crippen LogP contribution in [0.4, 0.5) is 4.79 Å². The summed E-state index contributed by atoms with van der Waals surface area (Å²) in [6.07, 6.45) is 21.9. The van der Waals surface area contributed by atoms with E-state index in [-0.39, 0.29) is 12.7 Å². The smallest absolute Gasteiger partial charge is 0.409 e. The van der Waals surface area contributed by atoms with Gasteiger partial charge in [0.15, 0.2) is 0 Å². The number of amides is 1. The normalized spacial score (nSPS) is 18.8. The van der Waals surface area contributed by atoms with Gasteiger partial charge in [-0.25, -0.2) is 4.79 Å². The number of aliphatic hydroxyl groups is 1. The van der Waals surface area contributed by atoms with E-state index >= 15 is 0 Å². The molecule has 1 amide bonds. The number of carbonyl (C=O) groups excluding carboxylic acids is 1. The zero-order chi connectivity index (χ0) is 21.0. The number of carbonyl (C=O) groups is 1. The van der Waals surface area contributed by atoms with E-state index in [2.05, 4.69) is 12.2 Å². The summed E-state index contributed by atoms with van der Waals surface area (Å²) in [5.74, 6) is 0. The SMILES string of the molecule is CCCCCCCCCCCCCCCCCCNC(=O)O[C@H]1CC[C@@H](CO)O1. The van der Waals surface area contributed by atoms with Gasteiger partial charge in [-0.3, -0.25) is 0 Å². The van der Waals surface area contributed by atoms with Gasteiger partial charge < -0.3 is 19.9 Å². The molecule has 0 aliphatic carbocycles. The Bertz CT molecular complexity index is 378. The first-order valence-electron chi connectivity index (χ1n) is 12.5. The molecule has 2 N–H and O–H groups in total. The van der Waals surface area contributed by atoms with Crippen molar-refractivity contribution in [2.75, 3.05) is 13.2 Å². The van der Waals surface area contributed by atoms with Crippen LogP contribution >= 0.6 is 0 Å². The van der Waals surface area contributed by atoms with Crippen LogP contribution < -0.4 is 5.32 Å². The molecule has 0 unspecified atom stereocenters. The van der Waals surface area contributed by atoms with Gasteiger partial charge in [0.25, 0.3) is 0 Å². The van der Waals surface area contributed by atoms with Gasteiger partial charge in [0, 0.05) is 13.0 Å². The molecule has 1 heterocycles. The maximum Gasteiger partial charge on any atom is 0.409 e. The van der Waals surface area contributed by atoms with Crippen molar-refractivity contribution < 1.29 is 19.4 Å². The number of hydrogen-bond donors (Lipinski definition) is 2. The van der Waals surface area contributed by atoms with Crippen LogP contribution in [0.15, 0.2) is 0 Å². The molecule has 0 aromatic rings. The molecule has 0 bridgehead atoms. The second-order valence-electron chi connectivity index (χ2n) is 8.58. The Kier molecular flexibility index (Phi) is 17.3. The maximum atomic E-state index is 11.7. The molecule has 2 atom stereocenters. The average Bonchev–Trinajstić information content (AvgIpc) is 3.17. The van der Waals surface area contributed by atoms with Gasteiger partial charge in [-0.1, -0.05) is 103 Å². The van der Waals surface area contributed by atoms with Gasteiger partial charge in [-0.05, 0) is 12.8 Å². The van der Waals surface area contributed by atoms with Crippen LogP contribution in [0.5, 0.6) is 0 Å². The van der Waals surface area contributed by atoms with E-state index in [1.807, 2.05) is 0 Å². The number of hydrogen-bond acceptors (Lipinski definition) is 4. The van der Waals surface area contributed by atoms with Crippen LogP contribution in [0.25, 0.3) is 0 Å². The highest BCUT2D eigenvalue weighted by atomic mass is 16.7. The Morgan fingerprint density at radius 1 is 0.828 bits per heavy atom. The lowest BCUT2D eigenvalue weighted by Crippen LogP contribution is -2.30. The van der Waals surface area contributed by atoms with Crippen LogP contribution in [0, 0.1) is 0 Å². The Labute approximate surface area is 179 Å². The molecule has 0 aromatic carbocycles. The second kappa shape index (κ2) is 19.2. The van der Waals surface area contributed by atoms with Crippen molar-refractivity contribution in [3.05, 3.63) is 0 Å². The first-order chi connectivity index (χ1) is 14.3. The molecule has 0 saturated carbocycles. The molecule has 29 heavy (non-hydrogen) atoms. The topological polar surface area (TPSA) is 67.8 Å². The van der Waals surface area contributed by atoms with Gasteiger partial charge in [-0.2, -0.15) is 0 Å². The van der Waals surface area contributed by atoms with E-state index in [0.717, 1.165) is 19.3 Å². The molecular formula is C24H47NO4. The monoisotopic (exact) mass is 413 g/mol. The first kappa shape index (κ1) is 26.2. The summed E-state index contributed by atoms with van der Waals surface area (Å²) in [6.45, 7) is 2.92. The molecule has 1 saturated heterocycles. The van der Waals surface area contributed by atoms with E-state index < -0.39 is 12.4 Å². The fraction of sp³-hybridized carbons (Fsp3) is 0.958. The molecule has 0 aromatic heterocycles. The molecule has 5 heteroatoms. The molecule has 5 nitrogen and oxygen atoms in total. The largest absolute Gasteiger partial charge is 0.420 e. The maximum absolute atomic E-state index is 11.7. The summed E-state index contributed by atoms with van der Waals surface area (Å²) in [5.41, 5.74) is 0. The van der Waals surface area contributed by atoms with Gasteiger partial charge in [0.05, 0.1) is 12.7 Å². The third kappa shape index (κ3) is 15.7. The Balaban J connectivity index is 1.73. The van der Waals surface area contributed by atoms with Crippen LogP contribution in [0.1, 0.15) is 122 Å². The summed E-state index contributed by atoms with van der Waals surface area (Å²) in [7, 11) is 0. The average molecular weight is 414 g/mol. The molecule has 0 radical (unpaired) electrons. The fourth-order valence-corrected chi connectivity index (χ4v) is 3.92. The summed E-state index contributed by atoms with van der Waals surface area (Å²) >= 11 is 0. The van der Waals surface area contributed by atoms with Crippen LogP contribution in [-0.2, 0) is 9.47 Å². The molecule has 172 valence electrons. The van der Waals surface area contributed by atoms with Crippen molar-refractivity contribution in [2.24, 2.45) is 0 Å². The van der Waals surface area contributed by atoms with Gasteiger partial charge >= 0.3 is 6.09 Å². The highest BCUT2D eigenvalue weighted by molar-refractivity contribution is 5.67. The number of alkyl carbamates (subject to hydrolysis) is 1. The number of rotatable bonds is 19. The molecule has 1 aliphatic rings. The van der Waals surface area contributed by atoms with Crippen LogP contribution in [0.2, 0.25) is 0 Å². The van der Waals surface area contributed by atoms with E-state index in [0.29, 0.717) is 13.0 Å². The summed E-state index contributed by atoms with van der Waals surface area (Å²) in [4.78, 5) is 11.7. The Morgan fingerprint density at radius 3 is 1.76 bits per heavy atom. The lowest BCUT2D eigenvalue weighted by atomic mass is 10.0. The molecule has 1 rings (SSSR count). The zero-order valence-corrected chi connectivity index (χ0v) is 19.0. The third-order valence-electron chi connectivity index (χ3n) is 5.81. The highest BCUT2D eigenvalue weighted by Crippen LogP contribution is 2.20. The lowest BCUT2D eigenvalue weighted by Gasteiger charge is -2.13. The molecule has 1 fully saturated rings. The predicted molar refractivity (Wildman–Crippen MR) is 119 cm³/mol. The van der Waals surface area contributed by atoms with Gasteiger partial charge in [0.2, 0.25) is 6.29 Å². The zero-order valence-electron chi connectivity index (χ0n) is 19.0. The van der Waals surface area contributed by atoms with E-state index in [1.54, 1.807) is 0 Å². The fourth-order valence-electron chi connectivity index (χ4n) is 3.92. The second-order valence-corrected chi connectivity index (χ2v) is 8.58. The number of ether oxygens (including phenoxy) is 2. The number of unbranched alkanes of at least 4 members (excludes halogenated alkanes) is 15. The number of nitrogens with one attached hydrogen (secondary N) is 1. The van der Waals surface area contributed by atoms with Crippen molar-refractivity contribution in [3.63, 3.8) is 0 Å². The summed E-state index contributed by atoms with van der Waals surface area (Å²) in [5, 5.41) is 11.8. The highest BCUT2D eigenvalue weighted by Gasteiger charge is 2.27. The van der Waals surface area contributed by atoms with Crippen molar-refractivity contribution in [2.45, 2.75) is 135 Å². The van der Waals surface area contributed by atoms with Gasteiger partial charge in [0.1, 0.15) is 0 Å². The number of aliphatic hydroxyl groups excluding tert-OH is 1. The van der Waals surface area contributed by atoms with Crippen molar-refractivity contribution in [1.29, 1.82) is 0 Å². The van der Waals surface area contributed by atoms with Crippen molar-refractivity contribution in [3.8, 4) is 0 Å². The van der Waals surface area contributed by atoms with Crippen molar-refractivity contribution >= 4 is 6.09 Å². The van der Waals surface area contributed by atoms with E-state index in [4.69, 9.17) is 14.6 Å². The van der Waals surface area contributed by atoms with Gasteiger partial charge in [-0.15, -0.1) is 0 Å². The minimum Gasteiger partial charge on any atom is -0.420 e. The lowest BCUT2D eigenvalue weighted by molar-refractivity contribution is -0.105. The minimum absolute atomic E-state index is 0.0132. The summed E-state index contributed by atoms with van der Waals surface area (Å²) in [6, 6.07) is 0. The van der Waals surface area contributed by atoms with Crippen molar-refractivity contribution in [1.82, 2.24) is 5.32 Å². The molecule has 1 aliphatic heterocycles. The standard InChI is InChI=1S/C24H47NO4/c1-2-3-4-5-6-7-8-9-10-11-12-13-14-15-16-17-20-25-24(27)29-23-19-18-22(21-26)28-23/h22-23,26H,2-21H2,1H3,(H,25,27)/t22-,23-/m0/s1. The van der Waals surface area contributed by atoms with Crippen LogP contribution in [0.3, 0.4) is 0 Å². The Morgan fingerprint density at radius 2 is 1.31 bits per heavy atom. The van der Waals surface area contributed by atoms with E-state index in [9.17, 15) is 4.79 Å². The molecular weight excluding hydrogens is 366 g/mol. The molecule has 0 spiro atoms. The third-order valence-corrected chi connectivity index (χ3v) is 5.81. The predicted octanol–water partition coefficient (Wildman–Crippen LogP) is 6.47. The first-order valence-corrected chi connectivity index (χ1v) is 12.5. The summed E-state index contributed by atoms with van der Waals surface area (Å²) < 4.78 is 10.6. The minimum atomic E-state index is -0.502. The van der Waals surface area contributed by atoms with Crippen LogP contribution in [-0.4, -0.2) is 36.7 Å². The Hall–Kier alpha value is -0.810. The van der Waals surface area contributed by atoms with E-state index in [1.165, 1.54) is 89.9 Å². The quantitative estimate of drug-likeness (QED) is 0.238.